The number of halogens is 3. The third kappa shape index (κ3) is 3.99. The Hall–Kier alpha value is -2.83. The number of aryl methyl sites for hydroxylation is 1. The first kappa shape index (κ1) is 17.0. The molecule has 0 N–H and O–H groups in total. The van der Waals surface area contributed by atoms with E-state index < -0.39 is 11.7 Å². The van der Waals surface area contributed by atoms with Crippen molar-refractivity contribution in [2.45, 2.75) is 19.1 Å². The summed E-state index contributed by atoms with van der Waals surface area (Å²) in [5, 5.41) is 5.44. The smallest absolute Gasteiger partial charge is 0.416 e. The minimum Gasteiger partial charge on any atom is -0.494 e. The quantitative estimate of drug-likeness (QED) is 0.657. The summed E-state index contributed by atoms with van der Waals surface area (Å²) < 4.78 is 44.6. The molecule has 0 fully saturated rings. The summed E-state index contributed by atoms with van der Waals surface area (Å²) in [4.78, 5) is 12.3. The zero-order chi connectivity index (χ0) is 17.9. The molecule has 0 aliphatic heterocycles. The van der Waals surface area contributed by atoms with Crippen molar-refractivity contribution in [2.24, 2.45) is 0 Å². The fourth-order valence-electron chi connectivity index (χ4n) is 2.45. The number of nitrogens with zero attached hydrogens (tertiary/aromatic N) is 2. The standard InChI is InChI=1S/C18H15F3N2O2/c19-18(20,21)14-6-3-7-15(11-14)25-10-4-9-23-17(24)16-8-2-1-5-13(16)12-22-23/h1-3,5-8,11-12H,4,9-10H2. The summed E-state index contributed by atoms with van der Waals surface area (Å²) in [5.74, 6) is 0.147. The highest BCUT2D eigenvalue weighted by Crippen LogP contribution is 2.31. The van der Waals surface area contributed by atoms with Crippen LogP contribution in [0.3, 0.4) is 0 Å². The molecule has 3 aromatic rings. The number of fused-ring (bicyclic) bond motifs is 1. The Bertz CT molecular complexity index is 935. The molecular weight excluding hydrogens is 333 g/mol. The van der Waals surface area contributed by atoms with Crippen molar-refractivity contribution in [1.82, 2.24) is 9.78 Å². The molecule has 1 aromatic heterocycles. The number of aromatic nitrogens is 2. The molecule has 0 aliphatic carbocycles. The molecule has 130 valence electrons. The van der Waals surface area contributed by atoms with Gasteiger partial charge in [0, 0.05) is 18.4 Å². The predicted molar refractivity (Wildman–Crippen MR) is 87.6 cm³/mol. The normalized spacial score (nSPS) is 11.6. The Labute approximate surface area is 141 Å². The van der Waals surface area contributed by atoms with Crippen molar-refractivity contribution in [1.29, 1.82) is 0 Å². The molecule has 0 unspecified atom stereocenters. The molecule has 0 saturated heterocycles. The first-order chi connectivity index (χ1) is 11.9. The minimum absolute atomic E-state index is 0.147. The molecule has 0 spiro atoms. The fraction of sp³-hybridized carbons (Fsp3) is 0.222. The molecule has 0 bridgehead atoms. The van der Waals surface area contributed by atoms with Crippen LogP contribution < -0.4 is 10.3 Å². The van der Waals surface area contributed by atoms with Gasteiger partial charge in [-0.2, -0.15) is 18.3 Å². The van der Waals surface area contributed by atoms with Gasteiger partial charge in [0.05, 0.1) is 23.8 Å². The van der Waals surface area contributed by atoms with Crippen molar-refractivity contribution in [3.8, 4) is 5.75 Å². The van der Waals surface area contributed by atoms with E-state index in [2.05, 4.69) is 5.10 Å². The van der Waals surface area contributed by atoms with Gasteiger partial charge in [-0.05, 0) is 24.3 Å². The van der Waals surface area contributed by atoms with Crippen LogP contribution in [-0.4, -0.2) is 16.4 Å². The van der Waals surface area contributed by atoms with Gasteiger partial charge in [0.15, 0.2) is 0 Å². The molecule has 0 radical (unpaired) electrons. The molecule has 7 heteroatoms. The molecule has 25 heavy (non-hydrogen) atoms. The second kappa shape index (κ2) is 6.96. The van der Waals surface area contributed by atoms with Crippen LogP contribution in [0.5, 0.6) is 5.75 Å². The molecule has 0 aliphatic rings. The molecular formula is C18H15F3N2O2. The first-order valence-electron chi connectivity index (χ1n) is 7.70. The third-order valence-corrected chi connectivity index (χ3v) is 3.71. The number of ether oxygens (including phenoxy) is 1. The van der Waals surface area contributed by atoms with Crippen LogP contribution in [0.15, 0.2) is 59.5 Å². The summed E-state index contributed by atoms with van der Waals surface area (Å²) in [5.41, 5.74) is -0.949. The lowest BCUT2D eigenvalue weighted by Gasteiger charge is -2.10. The Balaban J connectivity index is 1.61. The number of benzene rings is 2. The zero-order valence-corrected chi connectivity index (χ0v) is 13.2. The summed E-state index contributed by atoms with van der Waals surface area (Å²) in [6.07, 6.45) is -2.34. The highest BCUT2D eigenvalue weighted by Gasteiger charge is 2.30. The average molecular weight is 348 g/mol. The lowest BCUT2D eigenvalue weighted by atomic mass is 10.2. The van der Waals surface area contributed by atoms with Crippen molar-refractivity contribution >= 4 is 10.8 Å². The Morgan fingerprint density at radius 3 is 2.68 bits per heavy atom. The maximum absolute atomic E-state index is 12.6. The van der Waals surface area contributed by atoms with Crippen LogP contribution >= 0.6 is 0 Å². The minimum atomic E-state index is -4.40. The van der Waals surface area contributed by atoms with Gasteiger partial charge in [-0.3, -0.25) is 4.79 Å². The second-order valence-corrected chi connectivity index (χ2v) is 5.49. The van der Waals surface area contributed by atoms with E-state index in [9.17, 15) is 18.0 Å². The lowest BCUT2D eigenvalue weighted by molar-refractivity contribution is -0.137. The van der Waals surface area contributed by atoms with Gasteiger partial charge in [-0.25, -0.2) is 4.68 Å². The van der Waals surface area contributed by atoms with E-state index in [1.165, 1.54) is 16.8 Å². The maximum Gasteiger partial charge on any atom is 0.416 e. The van der Waals surface area contributed by atoms with Gasteiger partial charge in [0.1, 0.15) is 5.75 Å². The van der Waals surface area contributed by atoms with Crippen LogP contribution in [0, 0.1) is 0 Å². The number of rotatable bonds is 5. The van der Waals surface area contributed by atoms with Gasteiger partial charge in [0.2, 0.25) is 0 Å². The summed E-state index contributed by atoms with van der Waals surface area (Å²) in [7, 11) is 0. The van der Waals surface area contributed by atoms with E-state index >= 15 is 0 Å². The van der Waals surface area contributed by atoms with Crippen LogP contribution in [0.25, 0.3) is 10.8 Å². The van der Waals surface area contributed by atoms with Gasteiger partial charge >= 0.3 is 6.18 Å². The van der Waals surface area contributed by atoms with E-state index in [1.54, 1.807) is 18.3 Å². The summed E-state index contributed by atoms with van der Waals surface area (Å²) >= 11 is 0. The highest BCUT2D eigenvalue weighted by molar-refractivity contribution is 5.80. The van der Waals surface area contributed by atoms with Crippen molar-refractivity contribution < 1.29 is 17.9 Å². The van der Waals surface area contributed by atoms with Crippen molar-refractivity contribution in [3.63, 3.8) is 0 Å². The predicted octanol–water partition coefficient (Wildman–Crippen LogP) is 3.88. The van der Waals surface area contributed by atoms with E-state index in [0.717, 1.165) is 17.5 Å². The monoisotopic (exact) mass is 348 g/mol. The third-order valence-electron chi connectivity index (χ3n) is 3.71. The van der Waals surface area contributed by atoms with E-state index in [1.807, 2.05) is 12.1 Å². The van der Waals surface area contributed by atoms with Crippen LogP contribution in [0.4, 0.5) is 13.2 Å². The van der Waals surface area contributed by atoms with Gasteiger partial charge < -0.3 is 4.74 Å². The maximum atomic E-state index is 12.6. The van der Waals surface area contributed by atoms with Crippen LogP contribution in [0.2, 0.25) is 0 Å². The summed E-state index contributed by atoms with van der Waals surface area (Å²) in [6.45, 7) is 0.505. The van der Waals surface area contributed by atoms with E-state index in [-0.39, 0.29) is 17.9 Å². The molecule has 1 heterocycles. The molecule has 0 atom stereocenters. The average Bonchev–Trinajstić information content (AvgIpc) is 2.60. The van der Waals surface area contributed by atoms with Crippen molar-refractivity contribution in [2.75, 3.05) is 6.61 Å². The Morgan fingerprint density at radius 1 is 1.08 bits per heavy atom. The van der Waals surface area contributed by atoms with Gasteiger partial charge in [-0.1, -0.05) is 24.3 Å². The highest BCUT2D eigenvalue weighted by atomic mass is 19.4. The number of hydrogen-bond donors (Lipinski definition) is 0. The zero-order valence-electron chi connectivity index (χ0n) is 13.2. The molecule has 0 saturated carbocycles. The van der Waals surface area contributed by atoms with Gasteiger partial charge in [-0.15, -0.1) is 0 Å². The Morgan fingerprint density at radius 2 is 1.88 bits per heavy atom. The number of hydrogen-bond acceptors (Lipinski definition) is 3. The summed E-state index contributed by atoms with van der Waals surface area (Å²) in [6, 6.07) is 11.9. The molecule has 0 amide bonds. The molecule has 3 rings (SSSR count). The lowest BCUT2D eigenvalue weighted by Crippen LogP contribution is -2.23. The SMILES string of the molecule is O=c1c2ccccc2cnn1CCCOc1cccc(C(F)(F)F)c1. The number of alkyl halides is 3. The van der Waals surface area contributed by atoms with Crippen molar-refractivity contribution in [3.05, 3.63) is 70.6 Å². The van der Waals surface area contributed by atoms with Gasteiger partial charge in [0.25, 0.3) is 5.56 Å². The Kier molecular flexibility index (Phi) is 4.74. The fourth-order valence-corrected chi connectivity index (χ4v) is 2.45. The van der Waals surface area contributed by atoms with Crippen LogP contribution in [0.1, 0.15) is 12.0 Å². The first-order valence-corrected chi connectivity index (χ1v) is 7.70. The van der Waals surface area contributed by atoms with E-state index in [4.69, 9.17) is 4.74 Å². The largest absolute Gasteiger partial charge is 0.494 e. The topological polar surface area (TPSA) is 44.1 Å². The molecule has 2 aromatic carbocycles. The van der Waals surface area contributed by atoms with E-state index in [0.29, 0.717) is 18.4 Å². The molecule has 4 nitrogen and oxygen atoms in total. The van der Waals surface area contributed by atoms with Crippen LogP contribution in [-0.2, 0) is 12.7 Å². The second-order valence-electron chi connectivity index (χ2n) is 5.49.